The van der Waals surface area contributed by atoms with E-state index in [2.05, 4.69) is 31.4 Å². The maximum absolute atomic E-state index is 12.4. The van der Waals surface area contributed by atoms with E-state index in [1.807, 2.05) is 11.5 Å². The minimum Gasteiger partial charge on any atom is -0.507 e. The van der Waals surface area contributed by atoms with Gasteiger partial charge in [-0.15, -0.1) is 10.2 Å². The van der Waals surface area contributed by atoms with Crippen molar-refractivity contribution >= 4 is 45.0 Å². The van der Waals surface area contributed by atoms with Crippen molar-refractivity contribution in [3.05, 3.63) is 56.5 Å². The third kappa shape index (κ3) is 4.79. The summed E-state index contributed by atoms with van der Waals surface area (Å²) in [7, 11) is 0. The highest BCUT2D eigenvalue weighted by molar-refractivity contribution is 9.10. The first-order valence-corrected chi connectivity index (χ1v) is 10.7. The number of non-ortho nitro benzene ring substituents is 1. The van der Waals surface area contributed by atoms with Gasteiger partial charge in [0.05, 0.1) is 16.2 Å². The largest absolute Gasteiger partial charge is 0.507 e. The summed E-state index contributed by atoms with van der Waals surface area (Å²) in [5.41, 5.74) is 1.63. The van der Waals surface area contributed by atoms with Crippen molar-refractivity contribution in [3.8, 4) is 17.1 Å². The van der Waals surface area contributed by atoms with E-state index in [4.69, 9.17) is 0 Å². The summed E-state index contributed by atoms with van der Waals surface area (Å²) in [6.45, 7) is 4.17. The van der Waals surface area contributed by atoms with Crippen LogP contribution in [0.5, 0.6) is 5.75 Å². The van der Waals surface area contributed by atoms with Crippen LogP contribution in [0.3, 0.4) is 0 Å². The number of aromatic nitrogens is 3. The topological polar surface area (TPSA) is 123 Å². The number of nitro benzene ring substituents is 1. The molecule has 1 heterocycles. The van der Waals surface area contributed by atoms with Gasteiger partial charge in [0.15, 0.2) is 11.0 Å². The van der Waals surface area contributed by atoms with Gasteiger partial charge in [-0.2, -0.15) is 0 Å². The van der Waals surface area contributed by atoms with E-state index in [0.29, 0.717) is 34.3 Å². The van der Waals surface area contributed by atoms with E-state index in [0.717, 1.165) is 4.47 Å². The Hall–Kier alpha value is -2.92. The Balaban J connectivity index is 1.72. The predicted octanol–water partition coefficient (Wildman–Crippen LogP) is 4.38. The molecule has 0 fully saturated rings. The van der Waals surface area contributed by atoms with Crippen LogP contribution in [0.15, 0.2) is 46.0 Å². The average molecular weight is 492 g/mol. The number of carbonyl (C=O) groups excluding carboxylic acids is 1. The first-order chi connectivity index (χ1) is 14.3. The molecule has 3 aromatic rings. The minimum absolute atomic E-state index is 0.0285. The zero-order valence-corrected chi connectivity index (χ0v) is 18.5. The molecule has 0 radical (unpaired) electrons. The number of rotatable bonds is 7. The Bertz CT molecular complexity index is 1120. The fourth-order valence-electron chi connectivity index (χ4n) is 2.79. The number of carbonyl (C=O) groups is 1. The third-order valence-electron chi connectivity index (χ3n) is 4.26. The quantitative estimate of drug-likeness (QED) is 0.285. The van der Waals surface area contributed by atoms with Crippen molar-refractivity contribution in [1.29, 1.82) is 0 Å². The number of anilines is 1. The Morgan fingerprint density at radius 1 is 1.30 bits per heavy atom. The molecule has 0 saturated heterocycles. The lowest BCUT2D eigenvalue weighted by atomic mass is 10.2. The zero-order valence-electron chi connectivity index (χ0n) is 16.1. The second-order valence-electron chi connectivity index (χ2n) is 6.31. The molecule has 0 spiro atoms. The number of nitrogens with one attached hydrogen (secondary N) is 1. The summed E-state index contributed by atoms with van der Waals surface area (Å²) in [5, 5.41) is 32.6. The number of hydrogen-bond acceptors (Lipinski definition) is 7. The highest BCUT2D eigenvalue weighted by atomic mass is 79.9. The summed E-state index contributed by atoms with van der Waals surface area (Å²) in [4.78, 5) is 22.7. The summed E-state index contributed by atoms with van der Waals surface area (Å²) in [5.74, 6) is 0.405. The van der Waals surface area contributed by atoms with Crippen LogP contribution >= 0.6 is 27.7 Å². The molecular weight excluding hydrogens is 474 g/mol. The van der Waals surface area contributed by atoms with Crippen LogP contribution in [0.4, 0.5) is 11.4 Å². The lowest BCUT2D eigenvalue weighted by Crippen LogP contribution is -2.15. The Morgan fingerprint density at radius 3 is 2.73 bits per heavy atom. The van der Waals surface area contributed by atoms with E-state index in [-0.39, 0.29) is 23.1 Å². The molecule has 0 saturated carbocycles. The van der Waals surface area contributed by atoms with Crippen LogP contribution in [-0.4, -0.2) is 36.5 Å². The van der Waals surface area contributed by atoms with Crippen molar-refractivity contribution < 1.29 is 14.8 Å². The number of phenols is 1. The second kappa shape index (κ2) is 9.26. The fraction of sp³-hybridized carbons (Fsp3) is 0.211. The number of aryl methyl sites for hydroxylation is 1. The molecule has 3 rings (SSSR count). The second-order valence-corrected chi connectivity index (χ2v) is 8.16. The molecule has 11 heteroatoms. The monoisotopic (exact) mass is 491 g/mol. The molecule has 1 aromatic heterocycles. The molecule has 0 unspecified atom stereocenters. The number of nitro groups is 1. The van der Waals surface area contributed by atoms with Gasteiger partial charge in [-0.05, 0) is 43.7 Å². The molecule has 0 aliphatic heterocycles. The van der Waals surface area contributed by atoms with Crippen LogP contribution in [0.2, 0.25) is 0 Å². The lowest BCUT2D eigenvalue weighted by molar-refractivity contribution is -0.384. The number of aromatic hydroxyl groups is 1. The van der Waals surface area contributed by atoms with E-state index in [1.54, 1.807) is 25.1 Å². The van der Waals surface area contributed by atoms with Crippen molar-refractivity contribution in [1.82, 2.24) is 14.8 Å². The van der Waals surface area contributed by atoms with Crippen LogP contribution in [0.25, 0.3) is 11.4 Å². The molecule has 2 N–H and O–H groups in total. The standard InChI is InChI=1S/C19H18BrN5O4S/c1-3-24-18(14-9-12(20)4-7-16(14)26)22-23-19(24)30-10-17(27)21-15-6-5-13(25(28)29)8-11(15)2/h4-9,26H,3,10H2,1-2H3,(H,21,27). The Kier molecular flexibility index (Phi) is 6.73. The molecule has 2 aromatic carbocycles. The molecule has 0 atom stereocenters. The van der Waals surface area contributed by atoms with Crippen molar-refractivity contribution in [2.24, 2.45) is 0 Å². The van der Waals surface area contributed by atoms with Gasteiger partial charge in [0, 0.05) is 28.8 Å². The van der Waals surface area contributed by atoms with Crippen LogP contribution in [0.1, 0.15) is 12.5 Å². The maximum Gasteiger partial charge on any atom is 0.269 e. The van der Waals surface area contributed by atoms with Crippen molar-refractivity contribution in [2.45, 2.75) is 25.5 Å². The maximum atomic E-state index is 12.4. The summed E-state index contributed by atoms with van der Waals surface area (Å²) < 4.78 is 2.62. The number of benzene rings is 2. The molecule has 156 valence electrons. The number of phenolic OH excluding ortho intramolecular Hbond substituents is 1. The average Bonchev–Trinajstić information content (AvgIpc) is 3.12. The van der Waals surface area contributed by atoms with Gasteiger partial charge in [0.25, 0.3) is 5.69 Å². The molecule has 0 aliphatic carbocycles. The van der Waals surface area contributed by atoms with Gasteiger partial charge in [-0.25, -0.2) is 0 Å². The number of hydrogen-bond donors (Lipinski definition) is 2. The highest BCUT2D eigenvalue weighted by Crippen LogP contribution is 2.32. The summed E-state index contributed by atoms with van der Waals surface area (Å²) in [6, 6.07) is 9.32. The van der Waals surface area contributed by atoms with Gasteiger partial charge < -0.3 is 15.0 Å². The molecular formula is C19H18BrN5O4S. The molecule has 1 amide bonds. The molecule has 0 aliphatic rings. The first kappa shape index (κ1) is 21.8. The Labute approximate surface area is 184 Å². The highest BCUT2D eigenvalue weighted by Gasteiger charge is 2.18. The lowest BCUT2D eigenvalue weighted by Gasteiger charge is -2.10. The minimum atomic E-state index is -0.479. The van der Waals surface area contributed by atoms with Crippen LogP contribution < -0.4 is 5.32 Å². The molecule has 9 nitrogen and oxygen atoms in total. The predicted molar refractivity (Wildman–Crippen MR) is 118 cm³/mol. The summed E-state index contributed by atoms with van der Waals surface area (Å²) >= 11 is 4.60. The molecule has 30 heavy (non-hydrogen) atoms. The smallest absolute Gasteiger partial charge is 0.269 e. The number of amides is 1. The van der Waals surface area contributed by atoms with Gasteiger partial charge in [0.1, 0.15) is 5.75 Å². The fourth-order valence-corrected chi connectivity index (χ4v) is 3.95. The number of halogens is 1. The zero-order chi connectivity index (χ0) is 21.8. The number of thioether (sulfide) groups is 1. The van der Waals surface area contributed by atoms with Gasteiger partial charge in [-0.3, -0.25) is 14.9 Å². The van der Waals surface area contributed by atoms with Crippen LogP contribution in [0, 0.1) is 17.0 Å². The first-order valence-electron chi connectivity index (χ1n) is 8.90. The normalized spacial score (nSPS) is 10.8. The van der Waals surface area contributed by atoms with Gasteiger partial charge >= 0.3 is 0 Å². The molecule has 0 bridgehead atoms. The van der Waals surface area contributed by atoms with Crippen LogP contribution in [-0.2, 0) is 11.3 Å². The van der Waals surface area contributed by atoms with Crippen molar-refractivity contribution in [2.75, 3.05) is 11.1 Å². The van der Waals surface area contributed by atoms with E-state index < -0.39 is 4.92 Å². The third-order valence-corrected chi connectivity index (χ3v) is 5.72. The summed E-state index contributed by atoms with van der Waals surface area (Å²) in [6.07, 6.45) is 0. The van der Waals surface area contributed by atoms with E-state index in [1.165, 1.54) is 30.0 Å². The SMILES string of the molecule is CCn1c(SCC(=O)Nc2ccc([N+](=O)[O-])cc2C)nnc1-c1cc(Br)ccc1O. The van der Waals surface area contributed by atoms with Gasteiger partial charge in [0.2, 0.25) is 5.91 Å². The van der Waals surface area contributed by atoms with Crippen molar-refractivity contribution in [3.63, 3.8) is 0 Å². The van der Waals surface area contributed by atoms with E-state index in [9.17, 15) is 20.0 Å². The Morgan fingerprint density at radius 2 is 2.07 bits per heavy atom. The van der Waals surface area contributed by atoms with E-state index >= 15 is 0 Å². The number of nitrogens with zero attached hydrogens (tertiary/aromatic N) is 4. The van der Waals surface area contributed by atoms with Gasteiger partial charge in [-0.1, -0.05) is 27.7 Å².